The van der Waals surface area contributed by atoms with Crippen LogP contribution in [0.25, 0.3) is 27.7 Å². The lowest BCUT2D eigenvalue weighted by Gasteiger charge is -2.17. The predicted octanol–water partition coefficient (Wildman–Crippen LogP) is 7.06. The molecule has 6 nitrogen and oxygen atoms in total. The van der Waals surface area contributed by atoms with Gasteiger partial charge < -0.3 is 8.92 Å². The summed E-state index contributed by atoms with van der Waals surface area (Å²) in [6, 6.07) is 10.4. The molecule has 0 aliphatic rings. The van der Waals surface area contributed by atoms with E-state index in [4.69, 9.17) is 16.3 Å². The maximum Gasteiger partial charge on any atom is 0.339 e. The van der Waals surface area contributed by atoms with E-state index in [9.17, 15) is 39.6 Å². The molecule has 0 atom stereocenters. The average Bonchev–Trinajstić information content (AvgIpc) is 2.96. The minimum atomic E-state index is -5.20. The molecule has 0 radical (unpaired) electrons. The molecule has 0 aliphatic heterocycles. The molecule has 5 rings (SSSR count). The molecule has 4 aromatic carbocycles. The molecule has 0 bridgehead atoms. The van der Waals surface area contributed by atoms with Gasteiger partial charge in [0.05, 0.1) is 18.3 Å². The van der Waals surface area contributed by atoms with Crippen molar-refractivity contribution in [2.45, 2.75) is 4.90 Å². The summed E-state index contributed by atoms with van der Waals surface area (Å²) in [7, 11) is -3.98. The third kappa shape index (κ3) is 5.27. The quantitative estimate of drug-likeness (QED) is 0.0857. The molecular weight excluding hydrogens is 631 g/mol. The van der Waals surface area contributed by atoms with Gasteiger partial charge in [-0.25, -0.2) is 22.0 Å². The number of hydrogen-bond donors (Lipinski definition) is 0. The fourth-order valence-electron chi connectivity index (χ4n) is 4.26. The normalized spacial score (nSPS) is 11.7. The van der Waals surface area contributed by atoms with Crippen molar-refractivity contribution in [3.05, 3.63) is 117 Å². The highest BCUT2D eigenvalue weighted by Crippen LogP contribution is 2.36. The van der Waals surface area contributed by atoms with Crippen molar-refractivity contribution in [3.63, 3.8) is 0 Å². The van der Waals surface area contributed by atoms with Crippen LogP contribution in [0.4, 0.5) is 30.7 Å². The highest BCUT2D eigenvalue weighted by Gasteiger charge is 2.31. The van der Waals surface area contributed by atoms with Gasteiger partial charge in [-0.2, -0.15) is 17.2 Å². The molecule has 0 saturated carbocycles. The largest absolute Gasteiger partial charge is 0.495 e. The Morgan fingerprint density at radius 1 is 0.767 bits per heavy atom. The van der Waals surface area contributed by atoms with Crippen LogP contribution in [0.3, 0.4) is 0 Å². The summed E-state index contributed by atoms with van der Waals surface area (Å²) in [5.41, 5.74) is -0.924. The summed E-state index contributed by atoms with van der Waals surface area (Å²) in [5.74, 6) is -16.1. The molecule has 0 N–H and O–H groups in total. The Labute approximate surface area is 242 Å². The van der Waals surface area contributed by atoms with Gasteiger partial charge >= 0.3 is 10.1 Å². The van der Waals surface area contributed by atoms with Crippen LogP contribution in [0, 0.1) is 40.7 Å². The lowest BCUT2D eigenvalue weighted by Crippen LogP contribution is -2.19. The standard InChI is InChI=1S/C28H13ClF7NO5S/c1-41-21-10-17(13-6-14(29)9-15(30)7-13)18(31)11-20(21)37-19-4-3-16(8-12(19)2-5-22(37)38)43(39,40)42-28-26(35)24(33)23(32)25(34)27(28)36/h2-11H,1H3. The molecular formula is C28H13ClF7NO5S. The van der Waals surface area contributed by atoms with Crippen molar-refractivity contribution in [2.75, 3.05) is 7.11 Å². The number of hydrogen-bond acceptors (Lipinski definition) is 5. The fraction of sp³-hybridized carbons (Fsp3) is 0.0357. The molecule has 0 spiro atoms. The molecule has 15 heteroatoms. The van der Waals surface area contributed by atoms with E-state index in [1.807, 2.05) is 0 Å². The predicted molar refractivity (Wildman–Crippen MR) is 141 cm³/mol. The Morgan fingerprint density at radius 2 is 1.42 bits per heavy atom. The number of pyridine rings is 1. The van der Waals surface area contributed by atoms with E-state index in [-0.39, 0.29) is 38.5 Å². The van der Waals surface area contributed by atoms with Crippen LogP contribution < -0.4 is 14.5 Å². The van der Waals surface area contributed by atoms with Gasteiger partial charge in [-0.05, 0) is 54.1 Å². The molecule has 0 unspecified atom stereocenters. The topological polar surface area (TPSA) is 74.6 Å². The second-order valence-corrected chi connectivity index (χ2v) is 10.8. The lowest BCUT2D eigenvalue weighted by atomic mass is 10.0. The highest BCUT2D eigenvalue weighted by molar-refractivity contribution is 7.87. The highest BCUT2D eigenvalue weighted by atomic mass is 35.5. The summed E-state index contributed by atoms with van der Waals surface area (Å²) < 4.78 is 134. The van der Waals surface area contributed by atoms with Crippen LogP contribution in [0.1, 0.15) is 0 Å². The van der Waals surface area contributed by atoms with Gasteiger partial charge in [0.2, 0.25) is 34.8 Å². The number of ether oxygens (including phenoxy) is 1. The van der Waals surface area contributed by atoms with E-state index in [0.717, 1.165) is 53.1 Å². The molecule has 43 heavy (non-hydrogen) atoms. The Kier molecular flexibility index (Phi) is 7.60. The van der Waals surface area contributed by atoms with Crippen molar-refractivity contribution in [1.29, 1.82) is 0 Å². The van der Waals surface area contributed by atoms with E-state index < -0.39 is 67.0 Å². The minimum Gasteiger partial charge on any atom is -0.495 e. The van der Waals surface area contributed by atoms with E-state index in [2.05, 4.69) is 4.18 Å². The molecule has 0 amide bonds. The molecule has 0 saturated heterocycles. The first-order valence-corrected chi connectivity index (χ1v) is 13.5. The van der Waals surface area contributed by atoms with E-state index in [0.29, 0.717) is 0 Å². The van der Waals surface area contributed by atoms with Gasteiger partial charge in [-0.15, -0.1) is 0 Å². The van der Waals surface area contributed by atoms with Gasteiger partial charge in [0.25, 0.3) is 5.56 Å². The number of halogens is 8. The van der Waals surface area contributed by atoms with Crippen molar-refractivity contribution in [2.24, 2.45) is 0 Å². The summed E-state index contributed by atoms with van der Waals surface area (Å²) in [6.45, 7) is 0. The van der Waals surface area contributed by atoms with Gasteiger partial charge in [-0.3, -0.25) is 9.36 Å². The van der Waals surface area contributed by atoms with Crippen LogP contribution in [0.15, 0.2) is 70.4 Å². The third-order valence-corrected chi connectivity index (χ3v) is 7.64. The van der Waals surface area contributed by atoms with Gasteiger partial charge in [-0.1, -0.05) is 11.6 Å². The maximum absolute atomic E-state index is 15.3. The summed E-state index contributed by atoms with van der Waals surface area (Å²) in [4.78, 5) is 12.2. The first-order chi connectivity index (χ1) is 20.2. The smallest absolute Gasteiger partial charge is 0.339 e. The second kappa shape index (κ2) is 10.9. The summed E-state index contributed by atoms with van der Waals surface area (Å²) >= 11 is 5.89. The zero-order chi connectivity index (χ0) is 31.4. The van der Waals surface area contributed by atoms with Crippen LogP contribution in [-0.4, -0.2) is 20.1 Å². The Morgan fingerprint density at radius 3 is 2.05 bits per heavy atom. The van der Waals surface area contributed by atoms with Crippen LogP contribution >= 0.6 is 11.6 Å². The van der Waals surface area contributed by atoms with Crippen LogP contribution in [0.2, 0.25) is 5.02 Å². The zero-order valence-corrected chi connectivity index (χ0v) is 22.8. The molecule has 1 aromatic heterocycles. The summed E-state index contributed by atoms with van der Waals surface area (Å²) in [6.07, 6.45) is 0. The van der Waals surface area contributed by atoms with E-state index in [1.54, 1.807) is 0 Å². The molecule has 5 aromatic rings. The van der Waals surface area contributed by atoms with Gasteiger partial charge in [0.15, 0.2) is 0 Å². The minimum absolute atomic E-state index is 0.00220. The van der Waals surface area contributed by atoms with Crippen molar-refractivity contribution < 1.29 is 48.1 Å². The lowest BCUT2D eigenvalue weighted by molar-refractivity contribution is 0.346. The second-order valence-electron chi connectivity index (χ2n) is 8.83. The molecule has 0 aliphatic carbocycles. The molecule has 1 heterocycles. The summed E-state index contributed by atoms with van der Waals surface area (Å²) in [5, 5.41) is -0.0113. The number of fused-ring (bicyclic) bond motifs is 1. The SMILES string of the molecule is COc1cc(-c2cc(F)cc(Cl)c2)c(F)cc1-n1c(=O)ccc2cc(S(=O)(=O)Oc3c(F)c(F)c(F)c(F)c3F)ccc21. The number of benzene rings is 4. The van der Waals surface area contributed by atoms with Crippen LogP contribution in [-0.2, 0) is 10.1 Å². The first kappa shape index (κ1) is 29.9. The first-order valence-electron chi connectivity index (χ1n) is 11.7. The Balaban J connectivity index is 1.63. The maximum atomic E-state index is 15.3. The third-order valence-electron chi connectivity index (χ3n) is 6.20. The van der Waals surface area contributed by atoms with E-state index in [1.165, 1.54) is 19.2 Å². The molecule has 0 fully saturated rings. The van der Waals surface area contributed by atoms with Crippen molar-refractivity contribution >= 4 is 32.6 Å². The fourth-order valence-corrected chi connectivity index (χ4v) is 5.45. The van der Waals surface area contributed by atoms with Gasteiger partial charge in [0, 0.05) is 28.1 Å². The number of rotatable bonds is 6. The number of nitrogens with zero attached hydrogens (tertiary/aromatic N) is 1. The Bertz CT molecular complexity index is 2090. The van der Waals surface area contributed by atoms with E-state index >= 15 is 4.39 Å². The monoisotopic (exact) mass is 643 g/mol. The average molecular weight is 644 g/mol. The molecule has 222 valence electrons. The number of methoxy groups -OCH3 is 1. The Hall–Kier alpha value is -4.56. The van der Waals surface area contributed by atoms with Gasteiger partial charge in [0.1, 0.15) is 22.3 Å². The zero-order valence-electron chi connectivity index (χ0n) is 21.2. The number of aromatic nitrogens is 1. The van der Waals surface area contributed by atoms with Crippen molar-refractivity contribution in [1.82, 2.24) is 4.57 Å². The van der Waals surface area contributed by atoms with Crippen molar-refractivity contribution in [3.8, 4) is 28.3 Å². The van der Waals surface area contributed by atoms with Crippen LogP contribution in [0.5, 0.6) is 11.5 Å².